The number of rotatable bonds is 5. The van der Waals surface area contributed by atoms with Crippen LogP contribution in [-0.2, 0) is 11.3 Å². The Morgan fingerprint density at radius 1 is 1.39 bits per heavy atom. The van der Waals surface area contributed by atoms with Crippen LogP contribution < -0.4 is 11.3 Å². The first-order valence-electron chi connectivity index (χ1n) is 5.96. The zero-order chi connectivity index (χ0) is 13.1. The maximum absolute atomic E-state index is 5.50. The molecule has 0 aliphatic heterocycles. The molecule has 0 aliphatic carbocycles. The number of nitrogens with zero attached hydrogens (tertiary/aromatic N) is 3. The lowest BCUT2D eigenvalue weighted by Crippen LogP contribution is -2.09. The Bertz CT molecular complexity index is 549. The van der Waals surface area contributed by atoms with Crippen molar-refractivity contribution in [3.8, 4) is 0 Å². The van der Waals surface area contributed by atoms with Crippen molar-refractivity contribution in [2.45, 2.75) is 26.8 Å². The molecular formula is C12H19N5O. The molecule has 98 valence electrons. The summed E-state index contributed by atoms with van der Waals surface area (Å²) in [5, 5.41) is 0.995. The quantitative estimate of drug-likeness (QED) is 0.475. The van der Waals surface area contributed by atoms with Crippen LogP contribution in [0, 0.1) is 13.8 Å². The van der Waals surface area contributed by atoms with Crippen LogP contribution >= 0.6 is 0 Å². The average molecular weight is 249 g/mol. The van der Waals surface area contributed by atoms with Crippen LogP contribution in [0.2, 0.25) is 0 Å². The number of aryl methyl sites for hydroxylation is 2. The summed E-state index contributed by atoms with van der Waals surface area (Å²) in [4.78, 5) is 8.52. The molecule has 6 nitrogen and oxygen atoms in total. The van der Waals surface area contributed by atoms with E-state index in [0.29, 0.717) is 5.82 Å². The fraction of sp³-hybridized carbons (Fsp3) is 0.500. The molecule has 0 radical (unpaired) electrons. The van der Waals surface area contributed by atoms with Crippen molar-refractivity contribution in [1.29, 1.82) is 0 Å². The minimum Gasteiger partial charge on any atom is -0.385 e. The second-order valence-electron chi connectivity index (χ2n) is 4.27. The molecule has 0 saturated carbocycles. The number of fused-ring (bicyclic) bond motifs is 1. The van der Waals surface area contributed by atoms with E-state index in [-0.39, 0.29) is 0 Å². The Morgan fingerprint density at radius 2 is 2.17 bits per heavy atom. The van der Waals surface area contributed by atoms with Crippen LogP contribution in [-0.4, -0.2) is 28.3 Å². The summed E-state index contributed by atoms with van der Waals surface area (Å²) in [5.41, 5.74) is 5.91. The van der Waals surface area contributed by atoms with Gasteiger partial charge in [0.15, 0.2) is 5.82 Å². The second kappa shape index (κ2) is 5.32. The standard InChI is InChI=1S/C12H19N5O/c1-8-9(2)17(5-4-6-18-3)12-10(8)11(16-13)14-7-15-12/h7H,4-6,13H2,1-3H3,(H,14,15,16). The highest BCUT2D eigenvalue weighted by Gasteiger charge is 2.15. The van der Waals surface area contributed by atoms with Gasteiger partial charge in [-0.25, -0.2) is 15.8 Å². The number of hydrogen-bond acceptors (Lipinski definition) is 5. The van der Waals surface area contributed by atoms with Crippen molar-refractivity contribution in [3.63, 3.8) is 0 Å². The van der Waals surface area contributed by atoms with Gasteiger partial charge in [0.1, 0.15) is 12.0 Å². The van der Waals surface area contributed by atoms with Crippen molar-refractivity contribution in [2.24, 2.45) is 5.84 Å². The minimum absolute atomic E-state index is 0.672. The van der Waals surface area contributed by atoms with Crippen molar-refractivity contribution < 1.29 is 4.74 Å². The Morgan fingerprint density at radius 3 is 2.83 bits per heavy atom. The number of hydrazine groups is 1. The molecule has 2 aromatic heterocycles. The summed E-state index contributed by atoms with van der Waals surface area (Å²) in [6, 6.07) is 0. The van der Waals surface area contributed by atoms with Crippen LogP contribution in [0.25, 0.3) is 11.0 Å². The van der Waals surface area contributed by atoms with Gasteiger partial charge in [0.25, 0.3) is 0 Å². The molecule has 0 amide bonds. The molecule has 0 atom stereocenters. The molecule has 0 saturated heterocycles. The molecule has 0 spiro atoms. The number of aromatic nitrogens is 3. The van der Waals surface area contributed by atoms with E-state index in [1.165, 1.54) is 12.0 Å². The molecule has 0 bridgehead atoms. The summed E-state index contributed by atoms with van der Waals surface area (Å²) >= 11 is 0. The second-order valence-corrected chi connectivity index (χ2v) is 4.27. The highest BCUT2D eigenvalue weighted by atomic mass is 16.5. The Hall–Kier alpha value is -1.66. The number of anilines is 1. The van der Waals surface area contributed by atoms with E-state index in [0.717, 1.165) is 36.2 Å². The van der Waals surface area contributed by atoms with E-state index < -0.39 is 0 Å². The van der Waals surface area contributed by atoms with Gasteiger partial charge < -0.3 is 14.7 Å². The van der Waals surface area contributed by atoms with Gasteiger partial charge in [-0.2, -0.15) is 0 Å². The lowest BCUT2D eigenvalue weighted by molar-refractivity contribution is 0.190. The number of nitrogens with two attached hydrogens (primary N) is 1. The molecular weight excluding hydrogens is 230 g/mol. The average Bonchev–Trinajstić information content (AvgIpc) is 2.64. The fourth-order valence-electron chi connectivity index (χ4n) is 2.22. The maximum atomic E-state index is 5.50. The van der Waals surface area contributed by atoms with Crippen LogP contribution in [0.1, 0.15) is 17.7 Å². The van der Waals surface area contributed by atoms with Crippen LogP contribution in [0.4, 0.5) is 5.82 Å². The Kier molecular flexibility index (Phi) is 3.78. The lowest BCUT2D eigenvalue weighted by atomic mass is 10.2. The van der Waals surface area contributed by atoms with Crippen molar-refractivity contribution in [1.82, 2.24) is 14.5 Å². The van der Waals surface area contributed by atoms with Crippen LogP contribution in [0.15, 0.2) is 6.33 Å². The molecule has 18 heavy (non-hydrogen) atoms. The number of nitrogens with one attached hydrogen (secondary N) is 1. The first-order valence-corrected chi connectivity index (χ1v) is 5.96. The predicted octanol–water partition coefficient (Wildman–Crippen LogP) is 1.37. The van der Waals surface area contributed by atoms with Crippen LogP contribution in [0.5, 0.6) is 0 Å². The fourth-order valence-corrected chi connectivity index (χ4v) is 2.22. The number of methoxy groups -OCH3 is 1. The number of nitrogen functional groups attached to an aromatic ring is 1. The Balaban J connectivity index is 2.50. The zero-order valence-corrected chi connectivity index (χ0v) is 11.0. The normalized spacial score (nSPS) is 11.1. The lowest BCUT2D eigenvalue weighted by Gasteiger charge is -2.07. The summed E-state index contributed by atoms with van der Waals surface area (Å²) in [7, 11) is 1.71. The minimum atomic E-state index is 0.672. The SMILES string of the molecule is COCCCn1c(C)c(C)c2c(NN)ncnc21. The van der Waals surface area contributed by atoms with E-state index in [1.807, 2.05) is 0 Å². The first-order chi connectivity index (χ1) is 8.70. The molecule has 2 aromatic rings. The molecule has 3 N–H and O–H groups in total. The molecule has 0 aromatic carbocycles. The van der Waals surface area contributed by atoms with Gasteiger partial charge in [-0.3, -0.25) is 0 Å². The van der Waals surface area contributed by atoms with Gasteiger partial charge in [0, 0.05) is 26.0 Å². The van der Waals surface area contributed by atoms with Crippen molar-refractivity contribution in [2.75, 3.05) is 19.1 Å². The topological polar surface area (TPSA) is 78.0 Å². The third-order valence-corrected chi connectivity index (χ3v) is 3.27. The molecule has 0 unspecified atom stereocenters. The zero-order valence-electron chi connectivity index (χ0n) is 11.0. The molecule has 6 heteroatoms. The van der Waals surface area contributed by atoms with E-state index in [2.05, 4.69) is 33.8 Å². The van der Waals surface area contributed by atoms with Gasteiger partial charge >= 0.3 is 0 Å². The maximum Gasteiger partial charge on any atom is 0.153 e. The summed E-state index contributed by atoms with van der Waals surface area (Å²) in [6.07, 6.45) is 2.49. The van der Waals surface area contributed by atoms with E-state index in [4.69, 9.17) is 10.6 Å². The van der Waals surface area contributed by atoms with E-state index >= 15 is 0 Å². The van der Waals surface area contributed by atoms with Gasteiger partial charge in [-0.05, 0) is 25.8 Å². The largest absolute Gasteiger partial charge is 0.385 e. The summed E-state index contributed by atoms with van der Waals surface area (Å²) < 4.78 is 7.28. The highest BCUT2D eigenvalue weighted by Crippen LogP contribution is 2.28. The van der Waals surface area contributed by atoms with Gasteiger partial charge in [0.05, 0.1) is 5.39 Å². The van der Waals surface area contributed by atoms with Crippen molar-refractivity contribution >= 4 is 16.9 Å². The molecule has 2 rings (SSSR count). The number of ether oxygens (including phenoxy) is 1. The summed E-state index contributed by atoms with van der Waals surface area (Å²) in [6.45, 7) is 5.77. The first kappa shape index (κ1) is 12.8. The predicted molar refractivity (Wildman–Crippen MR) is 71.3 cm³/mol. The smallest absolute Gasteiger partial charge is 0.153 e. The molecule has 0 aliphatic rings. The molecule has 2 heterocycles. The van der Waals surface area contributed by atoms with Gasteiger partial charge in [-0.1, -0.05) is 0 Å². The Labute approximate surface area is 106 Å². The van der Waals surface area contributed by atoms with E-state index in [9.17, 15) is 0 Å². The van der Waals surface area contributed by atoms with Crippen molar-refractivity contribution in [3.05, 3.63) is 17.6 Å². The van der Waals surface area contributed by atoms with Gasteiger partial charge in [-0.15, -0.1) is 0 Å². The number of hydrogen-bond donors (Lipinski definition) is 2. The highest BCUT2D eigenvalue weighted by molar-refractivity contribution is 5.91. The summed E-state index contributed by atoms with van der Waals surface area (Å²) in [5.74, 6) is 6.17. The monoisotopic (exact) mass is 249 g/mol. The van der Waals surface area contributed by atoms with E-state index in [1.54, 1.807) is 7.11 Å². The molecule has 0 fully saturated rings. The van der Waals surface area contributed by atoms with Crippen LogP contribution in [0.3, 0.4) is 0 Å². The third-order valence-electron chi connectivity index (χ3n) is 3.27. The third kappa shape index (κ3) is 2.04. The van der Waals surface area contributed by atoms with Gasteiger partial charge in [0.2, 0.25) is 0 Å².